The summed E-state index contributed by atoms with van der Waals surface area (Å²) in [7, 11) is 2.27. The molecule has 1 aliphatic carbocycles. The highest BCUT2D eigenvalue weighted by molar-refractivity contribution is 5.52. The number of pyridine rings is 1. The number of anilines is 1. The molecule has 0 saturated carbocycles. The van der Waals surface area contributed by atoms with Crippen molar-refractivity contribution in [1.82, 2.24) is 9.88 Å². The van der Waals surface area contributed by atoms with Crippen molar-refractivity contribution in [3.05, 3.63) is 59.4 Å². The van der Waals surface area contributed by atoms with Gasteiger partial charge in [-0.05, 0) is 81.4 Å². The topological polar surface area (TPSA) is 42.2 Å². The van der Waals surface area contributed by atoms with Crippen LogP contribution >= 0.6 is 0 Å². The molecule has 0 spiro atoms. The highest BCUT2D eigenvalue weighted by Gasteiger charge is 2.22. The first kappa shape index (κ1) is 16.0. The fourth-order valence-corrected chi connectivity index (χ4v) is 3.59. The second-order valence-corrected chi connectivity index (χ2v) is 6.64. The van der Waals surface area contributed by atoms with Crippen molar-refractivity contribution in [2.75, 3.05) is 19.3 Å². The standard InChI is InChI=1S/C20H27N3/c1-23(14-5-3-9-17-8-2-4-13-22-17)18-11-12-19-16(15-18)7-6-10-20(19)21/h2,4,6-8,10,13,18H,3,5,9,11-12,14-15,21H2,1H3. The Kier molecular flexibility index (Phi) is 5.29. The molecule has 23 heavy (non-hydrogen) atoms. The van der Waals surface area contributed by atoms with E-state index in [-0.39, 0.29) is 0 Å². The fraction of sp³-hybridized carbons (Fsp3) is 0.450. The fourth-order valence-electron chi connectivity index (χ4n) is 3.59. The molecule has 0 aliphatic heterocycles. The lowest BCUT2D eigenvalue weighted by molar-refractivity contribution is 0.218. The van der Waals surface area contributed by atoms with Gasteiger partial charge < -0.3 is 10.6 Å². The van der Waals surface area contributed by atoms with Gasteiger partial charge in [0.2, 0.25) is 0 Å². The molecule has 1 aliphatic rings. The molecule has 3 heteroatoms. The predicted molar refractivity (Wildman–Crippen MR) is 96.5 cm³/mol. The second kappa shape index (κ2) is 7.60. The monoisotopic (exact) mass is 309 g/mol. The molecule has 0 saturated heterocycles. The van der Waals surface area contributed by atoms with E-state index >= 15 is 0 Å². The number of hydrogen-bond donors (Lipinski definition) is 1. The van der Waals surface area contributed by atoms with Crippen molar-refractivity contribution in [2.45, 2.75) is 44.6 Å². The van der Waals surface area contributed by atoms with Gasteiger partial charge >= 0.3 is 0 Å². The number of aryl methyl sites for hydroxylation is 1. The summed E-state index contributed by atoms with van der Waals surface area (Å²) >= 11 is 0. The number of unbranched alkanes of at least 4 members (excludes halogenated alkanes) is 1. The Morgan fingerprint density at radius 1 is 1.17 bits per heavy atom. The smallest absolute Gasteiger partial charge is 0.0403 e. The number of fused-ring (bicyclic) bond motifs is 1. The lowest BCUT2D eigenvalue weighted by Crippen LogP contribution is -2.37. The summed E-state index contributed by atoms with van der Waals surface area (Å²) in [5.41, 5.74) is 11.1. The van der Waals surface area contributed by atoms with Gasteiger partial charge in [0.05, 0.1) is 0 Å². The molecule has 1 unspecified atom stereocenters. The van der Waals surface area contributed by atoms with Crippen molar-refractivity contribution in [3.63, 3.8) is 0 Å². The molecule has 1 aromatic heterocycles. The Morgan fingerprint density at radius 2 is 2.09 bits per heavy atom. The second-order valence-electron chi connectivity index (χ2n) is 6.64. The number of nitrogen functional groups attached to an aromatic ring is 1. The van der Waals surface area contributed by atoms with E-state index in [0.717, 1.165) is 31.5 Å². The number of nitrogens with zero attached hydrogens (tertiary/aromatic N) is 2. The third kappa shape index (κ3) is 4.11. The van der Waals surface area contributed by atoms with Crippen LogP contribution < -0.4 is 5.73 Å². The minimum atomic E-state index is 0.652. The van der Waals surface area contributed by atoms with Gasteiger partial charge in [0, 0.05) is 23.6 Å². The summed E-state index contributed by atoms with van der Waals surface area (Å²) in [6, 6.07) is 13.2. The zero-order valence-corrected chi connectivity index (χ0v) is 14.0. The normalized spacial score (nSPS) is 17.2. The number of benzene rings is 1. The predicted octanol–water partition coefficient (Wildman–Crippen LogP) is 3.48. The summed E-state index contributed by atoms with van der Waals surface area (Å²) in [5, 5.41) is 0. The van der Waals surface area contributed by atoms with E-state index < -0.39 is 0 Å². The van der Waals surface area contributed by atoms with Crippen LogP contribution in [0, 0.1) is 0 Å². The van der Waals surface area contributed by atoms with Crippen molar-refractivity contribution >= 4 is 5.69 Å². The molecule has 0 amide bonds. The SMILES string of the molecule is CN(CCCCc1ccccn1)C1CCc2c(N)cccc2C1. The van der Waals surface area contributed by atoms with E-state index in [4.69, 9.17) is 5.73 Å². The minimum Gasteiger partial charge on any atom is -0.398 e. The Hall–Kier alpha value is -1.87. The summed E-state index contributed by atoms with van der Waals surface area (Å²) in [6.07, 6.45) is 8.87. The van der Waals surface area contributed by atoms with Crippen LogP contribution in [0.15, 0.2) is 42.6 Å². The number of rotatable bonds is 6. The first-order valence-electron chi connectivity index (χ1n) is 8.70. The highest BCUT2D eigenvalue weighted by atomic mass is 15.1. The Labute approximate surface area is 139 Å². The number of aromatic nitrogens is 1. The highest BCUT2D eigenvalue weighted by Crippen LogP contribution is 2.28. The van der Waals surface area contributed by atoms with E-state index in [1.54, 1.807) is 0 Å². The average Bonchev–Trinajstić information content (AvgIpc) is 2.59. The molecule has 3 rings (SSSR count). The van der Waals surface area contributed by atoms with E-state index in [1.807, 2.05) is 18.3 Å². The number of nitrogens with two attached hydrogens (primary N) is 1. The van der Waals surface area contributed by atoms with E-state index in [9.17, 15) is 0 Å². The minimum absolute atomic E-state index is 0.652. The van der Waals surface area contributed by atoms with Crippen molar-refractivity contribution in [2.24, 2.45) is 0 Å². The van der Waals surface area contributed by atoms with Crippen LogP contribution in [0.25, 0.3) is 0 Å². The molecular weight excluding hydrogens is 282 g/mol. The number of hydrogen-bond acceptors (Lipinski definition) is 3. The van der Waals surface area contributed by atoms with Crippen molar-refractivity contribution in [1.29, 1.82) is 0 Å². The molecule has 1 atom stereocenters. The molecule has 122 valence electrons. The summed E-state index contributed by atoms with van der Waals surface area (Å²) in [4.78, 5) is 6.93. The molecule has 0 radical (unpaired) electrons. The van der Waals surface area contributed by atoms with E-state index in [1.165, 1.54) is 36.1 Å². The van der Waals surface area contributed by atoms with E-state index in [2.05, 4.69) is 41.2 Å². The molecule has 1 aromatic carbocycles. The molecule has 3 nitrogen and oxygen atoms in total. The van der Waals surface area contributed by atoms with Gasteiger partial charge in [-0.15, -0.1) is 0 Å². The van der Waals surface area contributed by atoms with E-state index in [0.29, 0.717) is 6.04 Å². The van der Waals surface area contributed by atoms with Crippen LogP contribution in [-0.4, -0.2) is 29.5 Å². The average molecular weight is 309 g/mol. The molecule has 0 bridgehead atoms. The van der Waals surface area contributed by atoms with Gasteiger partial charge in [0.15, 0.2) is 0 Å². The molecule has 2 aromatic rings. The summed E-state index contributed by atoms with van der Waals surface area (Å²) in [5.74, 6) is 0. The Balaban J connectivity index is 1.45. The number of likely N-dealkylation sites (N-methyl/N-ethyl adjacent to an activating group) is 1. The third-order valence-electron chi connectivity index (χ3n) is 5.04. The lowest BCUT2D eigenvalue weighted by Gasteiger charge is -2.33. The van der Waals surface area contributed by atoms with Crippen molar-refractivity contribution < 1.29 is 0 Å². The van der Waals surface area contributed by atoms with Gasteiger partial charge in [-0.1, -0.05) is 18.2 Å². The van der Waals surface area contributed by atoms with Crippen LogP contribution in [0.3, 0.4) is 0 Å². The van der Waals surface area contributed by atoms with Crippen LogP contribution in [0.1, 0.15) is 36.1 Å². The zero-order valence-electron chi connectivity index (χ0n) is 14.0. The maximum atomic E-state index is 6.10. The molecular formula is C20H27N3. The molecule has 0 fully saturated rings. The summed E-state index contributed by atoms with van der Waals surface area (Å²) < 4.78 is 0. The Bertz CT molecular complexity index is 624. The molecule has 1 heterocycles. The van der Waals surface area contributed by atoms with Crippen LogP contribution in [0.4, 0.5) is 5.69 Å². The van der Waals surface area contributed by atoms with Gasteiger partial charge in [0.25, 0.3) is 0 Å². The first-order chi connectivity index (χ1) is 11.2. The maximum absolute atomic E-state index is 6.10. The van der Waals surface area contributed by atoms with Crippen LogP contribution in [-0.2, 0) is 19.3 Å². The maximum Gasteiger partial charge on any atom is 0.0403 e. The lowest BCUT2D eigenvalue weighted by atomic mass is 9.86. The largest absolute Gasteiger partial charge is 0.398 e. The van der Waals surface area contributed by atoms with Crippen molar-refractivity contribution in [3.8, 4) is 0 Å². The van der Waals surface area contributed by atoms with Gasteiger partial charge in [-0.2, -0.15) is 0 Å². The van der Waals surface area contributed by atoms with Crippen LogP contribution in [0.2, 0.25) is 0 Å². The first-order valence-corrected chi connectivity index (χ1v) is 8.70. The zero-order chi connectivity index (χ0) is 16.1. The Morgan fingerprint density at radius 3 is 2.91 bits per heavy atom. The van der Waals surface area contributed by atoms with Crippen LogP contribution in [0.5, 0.6) is 0 Å². The van der Waals surface area contributed by atoms with Gasteiger partial charge in [0.1, 0.15) is 0 Å². The summed E-state index contributed by atoms with van der Waals surface area (Å²) in [6.45, 7) is 1.16. The quantitative estimate of drug-likeness (QED) is 0.656. The molecule has 2 N–H and O–H groups in total. The van der Waals surface area contributed by atoms with Gasteiger partial charge in [-0.25, -0.2) is 0 Å². The third-order valence-corrected chi connectivity index (χ3v) is 5.04. The van der Waals surface area contributed by atoms with Gasteiger partial charge in [-0.3, -0.25) is 4.98 Å².